The lowest BCUT2D eigenvalue weighted by Gasteiger charge is -2.10. The first kappa shape index (κ1) is 16.5. The fraction of sp³-hybridized carbons (Fsp3) is 0.562. The number of aryl methyl sites for hydroxylation is 2. The second-order valence-corrected chi connectivity index (χ2v) is 6.62. The molecule has 0 atom stereocenters. The minimum Gasteiger partial charge on any atom is -0.489 e. The Kier molecular flexibility index (Phi) is 6.24. The van der Waals surface area contributed by atoms with Gasteiger partial charge in [0, 0.05) is 18.8 Å². The van der Waals surface area contributed by atoms with Gasteiger partial charge in [0.25, 0.3) is 0 Å². The number of fused-ring (bicyclic) bond motifs is 1. The van der Waals surface area contributed by atoms with E-state index < -0.39 is 0 Å². The number of hydrogen-bond donors (Lipinski definition) is 0. The molecule has 0 bridgehead atoms. The van der Waals surface area contributed by atoms with E-state index in [4.69, 9.17) is 21.3 Å². The largest absolute Gasteiger partial charge is 0.489 e. The third kappa shape index (κ3) is 4.07. The predicted octanol–water partition coefficient (Wildman–Crippen LogP) is 4.36. The Morgan fingerprint density at radius 3 is 2.86 bits per heavy atom. The normalized spacial score (nSPS) is 11.5. The summed E-state index contributed by atoms with van der Waals surface area (Å²) in [6.07, 6.45) is 4.21. The summed E-state index contributed by atoms with van der Waals surface area (Å²) in [6.45, 7) is 5.05. The SMILES string of the molecule is CSCCCn1c(CCCl)nc2c(OC(C)C)cccc21. The number of benzene rings is 1. The van der Waals surface area contributed by atoms with Crippen molar-refractivity contribution in [1.82, 2.24) is 9.55 Å². The molecular formula is C16H23ClN2OS. The van der Waals surface area contributed by atoms with Crippen LogP contribution in [0.3, 0.4) is 0 Å². The molecule has 5 heteroatoms. The minimum atomic E-state index is 0.147. The molecule has 0 N–H and O–H groups in total. The van der Waals surface area contributed by atoms with Gasteiger partial charge in [-0.2, -0.15) is 11.8 Å². The molecule has 2 aromatic rings. The van der Waals surface area contributed by atoms with Crippen LogP contribution in [0.15, 0.2) is 18.2 Å². The zero-order valence-corrected chi connectivity index (χ0v) is 14.5. The lowest BCUT2D eigenvalue weighted by Crippen LogP contribution is -2.06. The van der Waals surface area contributed by atoms with Crippen LogP contribution in [-0.2, 0) is 13.0 Å². The fourth-order valence-electron chi connectivity index (χ4n) is 2.41. The molecule has 0 fully saturated rings. The molecule has 21 heavy (non-hydrogen) atoms. The van der Waals surface area contributed by atoms with Crippen LogP contribution in [0.1, 0.15) is 26.1 Å². The van der Waals surface area contributed by atoms with Crippen molar-refractivity contribution in [3.8, 4) is 5.75 Å². The van der Waals surface area contributed by atoms with Gasteiger partial charge in [0.2, 0.25) is 0 Å². The van der Waals surface area contributed by atoms with Crippen LogP contribution in [0.2, 0.25) is 0 Å². The van der Waals surface area contributed by atoms with Crippen LogP contribution >= 0.6 is 23.4 Å². The first-order valence-corrected chi connectivity index (χ1v) is 9.30. The summed E-state index contributed by atoms with van der Waals surface area (Å²) in [6, 6.07) is 6.15. The Bertz CT molecular complexity index is 583. The van der Waals surface area contributed by atoms with Gasteiger partial charge in [-0.15, -0.1) is 11.6 Å². The molecular weight excluding hydrogens is 304 g/mol. The zero-order valence-electron chi connectivity index (χ0n) is 12.9. The highest BCUT2D eigenvalue weighted by Crippen LogP contribution is 2.27. The van der Waals surface area contributed by atoms with Crippen LogP contribution in [0.4, 0.5) is 0 Å². The minimum absolute atomic E-state index is 0.147. The van der Waals surface area contributed by atoms with Crippen LogP contribution in [0.25, 0.3) is 11.0 Å². The zero-order chi connectivity index (χ0) is 15.2. The summed E-state index contributed by atoms with van der Waals surface area (Å²) < 4.78 is 8.18. The highest BCUT2D eigenvalue weighted by molar-refractivity contribution is 7.98. The lowest BCUT2D eigenvalue weighted by atomic mass is 10.3. The van der Waals surface area contributed by atoms with Gasteiger partial charge in [0.15, 0.2) is 0 Å². The van der Waals surface area contributed by atoms with Crippen molar-refractivity contribution < 1.29 is 4.74 Å². The van der Waals surface area contributed by atoms with E-state index in [0.29, 0.717) is 5.88 Å². The molecule has 0 saturated carbocycles. The van der Waals surface area contributed by atoms with E-state index >= 15 is 0 Å². The summed E-state index contributed by atoms with van der Waals surface area (Å²) in [5, 5.41) is 0. The molecule has 1 aromatic heterocycles. The quantitative estimate of drug-likeness (QED) is 0.533. The number of halogens is 1. The maximum Gasteiger partial charge on any atom is 0.147 e. The van der Waals surface area contributed by atoms with E-state index in [2.05, 4.69) is 16.9 Å². The maximum atomic E-state index is 5.93. The van der Waals surface area contributed by atoms with Crippen molar-refractivity contribution in [2.24, 2.45) is 0 Å². The topological polar surface area (TPSA) is 27.1 Å². The molecule has 0 radical (unpaired) electrons. The molecule has 1 aromatic carbocycles. The Labute approximate surface area is 136 Å². The van der Waals surface area contributed by atoms with Crippen LogP contribution < -0.4 is 4.74 Å². The van der Waals surface area contributed by atoms with Gasteiger partial charge in [-0.05, 0) is 44.4 Å². The summed E-state index contributed by atoms with van der Waals surface area (Å²) in [5.41, 5.74) is 2.10. The summed E-state index contributed by atoms with van der Waals surface area (Å²) in [5.74, 6) is 3.66. The summed E-state index contributed by atoms with van der Waals surface area (Å²) in [4.78, 5) is 4.78. The molecule has 1 heterocycles. The molecule has 0 amide bonds. The summed E-state index contributed by atoms with van der Waals surface area (Å²) in [7, 11) is 0. The van der Waals surface area contributed by atoms with Gasteiger partial charge in [-0.1, -0.05) is 6.07 Å². The smallest absolute Gasteiger partial charge is 0.147 e. The van der Waals surface area contributed by atoms with Gasteiger partial charge >= 0.3 is 0 Å². The second-order valence-electron chi connectivity index (χ2n) is 5.26. The lowest BCUT2D eigenvalue weighted by molar-refractivity contribution is 0.245. The van der Waals surface area contributed by atoms with Gasteiger partial charge in [-0.3, -0.25) is 0 Å². The third-order valence-corrected chi connectivity index (χ3v) is 4.12. The standard InChI is InChI=1S/C16H23ClN2OS/c1-12(2)20-14-7-4-6-13-16(14)18-15(8-9-17)19(13)10-5-11-21-3/h4,6-7,12H,5,8-11H2,1-3H3. The Morgan fingerprint density at radius 1 is 1.38 bits per heavy atom. The Morgan fingerprint density at radius 2 is 2.19 bits per heavy atom. The van der Waals surface area contributed by atoms with Crippen LogP contribution in [0, 0.1) is 0 Å². The van der Waals surface area contributed by atoms with Crippen molar-refractivity contribution in [1.29, 1.82) is 0 Å². The first-order chi connectivity index (χ1) is 10.2. The highest BCUT2D eigenvalue weighted by Gasteiger charge is 2.14. The maximum absolute atomic E-state index is 5.93. The van der Waals surface area contributed by atoms with E-state index in [-0.39, 0.29) is 6.10 Å². The molecule has 0 aliphatic rings. The predicted molar refractivity (Wildman–Crippen MR) is 92.9 cm³/mol. The van der Waals surface area contributed by atoms with E-state index in [0.717, 1.165) is 47.7 Å². The van der Waals surface area contributed by atoms with Crippen molar-refractivity contribution >= 4 is 34.4 Å². The van der Waals surface area contributed by atoms with Gasteiger partial charge < -0.3 is 9.30 Å². The van der Waals surface area contributed by atoms with Crippen molar-refractivity contribution in [3.63, 3.8) is 0 Å². The van der Waals surface area contributed by atoms with E-state index in [1.54, 1.807) is 0 Å². The molecule has 2 rings (SSSR count). The van der Waals surface area contributed by atoms with Crippen molar-refractivity contribution in [2.45, 2.75) is 39.3 Å². The van der Waals surface area contributed by atoms with Gasteiger partial charge in [0.1, 0.15) is 17.1 Å². The molecule has 0 spiro atoms. The number of imidazole rings is 1. The first-order valence-electron chi connectivity index (χ1n) is 7.37. The van der Waals surface area contributed by atoms with E-state index in [9.17, 15) is 0 Å². The average molecular weight is 327 g/mol. The number of alkyl halides is 1. The number of para-hydroxylation sites is 1. The molecule has 0 aliphatic heterocycles. The van der Waals surface area contributed by atoms with Crippen molar-refractivity contribution in [2.75, 3.05) is 17.9 Å². The number of aromatic nitrogens is 2. The Balaban J connectivity index is 2.40. The molecule has 116 valence electrons. The third-order valence-electron chi connectivity index (χ3n) is 3.23. The highest BCUT2D eigenvalue weighted by atomic mass is 35.5. The fourth-order valence-corrected chi connectivity index (χ4v) is 3.00. The molecule has 0 saturated heterocycles. The molecule has 0 aliphatic carbocycles. The second kappa shape index (κ2) is 7.95. The summed E-state index contributed by atoms with van der Waals surface area (Å²) >= 11 is 7.81. The van der Waals surface area contributed by atoms with E-state index in [1.807, 2.05) is 37.7 Å². The van der Waals surface area contributed by atoms with Crippen LogP contribution in [0.5, 0.6) is 5.75 Å². The number of thioether (sulfide) groups is 1. The van der Waals surface area contributed by atoms with E-state index in [1.165, 1.54) is 0 Å². The molecule has 0 unspecified atom stereocenters. The van der Waals surface area contributed by atoms with Gasteiger partial charge in [0.05, 0.1) is 11.6 Å². The monoisotopic (exact) mass is 326 g/mol. The van der Waals surface area contributed by atoms with Crippen LogP contribution in [-0.4, -0.2) is 33.5 Å². The number of hydrogen-bond acceptors (Lipinski definition) is 3. The number of ether oxygens (including phenoxy) is 1. The molecule has 3 nitrogen and oxygen atoms in total. The average Bonchev–Trinajstić information content (AvgIpc) is 2.78. The van der Waals surface area contributed by atoms with Gasteiger partial charge in [-0.25, -0.2) is 4.98 Å². The Hall–Kier alpha value is -0.870. The number of rotatable bonds is 8. The number of nitrogens with zero attached hydrogens (tertiary/aromatic N) is 2. The van der Waals surface area contributed by atoms with Crippen molar-refractivity contribution in [3.05, 3.63) is 24.0 Å².